The molecule has 0 bridgehead atoms. The zero-order chi connectivity index (χ0) is 18.7. The van der Waals surface area contributed by atoms with Crippen molar-refractivity contribution in [3.8, 4) is 0 Å². The molecule has 142 valence electrons. The quantitative estimate of drug-likeness (QED) is 0.840. The zero-order valence-corrected chi connectivity index (χ0v) is 15.8. The Labute approximate surface area is 154 Å². The second-order valence-electron chi connectivity index (χ2n) is 6.87. The SMILES string of the molecule is C[C@H](NS(=O)(=O)c1ccc(N2CCCC2=O)cc1)C(=O)N1CCCCC1. The predicted molar refractivity (Wildman–Crippen MR) is 98.2 cm³/mol. The van der Waals surface area contributed by atoms with Gasteiger partial charge in [0.15, 0.2) is 0 Å². The lowest BCUT2D eigenvalue weighted by Crippen LogP contribution is -2.48. The van der Waals surface area contributed by atoms with Crippen LogP contribution >= 0.6 is 0 Å². The van der Waals surface area contributed by atoms with E-state index in [-0.39, 0.29) is 16.7 Å². The summed E-state index contributed by atoms with van der Waals surface area (Å²) in [5.74, 6) is -0.132. The Morgan fingerprint density at radius 3 is 2.27 bits per heavy atom. The summed E-state index contributed by atoms with van der Waals surface area (Å²) in [6.07, 6.45) is 4.37. The predicted octanol–water partition coefficient (Wildman–Crippen LogP) is 1.49. The fourth-order valence-corrected chi connectivity index (χ4v) is 4.66. The summed E-state index contributed by atoms with van der Waals surface area (Å²) in [7, 11) is -3.80. The molecule has 3 rings (SSSR count). The van der Waals surface area contributed by atoms with E-state index < -0.39 is 16.1 Å². The number of amides is 2. The van der Waals surface area contributed by atoms with Crippen LogP contribution in [0.15, 0.2) is 29.2 Å². The molecule has 26 heavy (non-hydrogen) atoms. The molecule has 7 nitrogen and oxygen atoms in total. The molecule has 1 atom stereocenters. The molecular formula is C18H25N3O4S. The molecule has 2 heterocycles. The van der Waals surface area contributed by atoms with E-state index in [9.17, 15) is 18.0 Å². The van der Waals surface area contributed by atoms with E-state index in [1.165, 1.54) is 12.1 Å². The fraction of sp³-hybridized carbons (Fsp3) is 0.556. The van der Waals surface area contributed by atoms with Crippen LogP contribution in [0.1, 0.15) is 39.0 Å². The fourth-order valence-electron chi connectivity index (χ4n) is 3.47. The number of nitrogens with one attached hydrogen (secondary N) is 1. The number of benzene rings is 1. The second kappa shape index (κ2) is 7.75. The van der Waals surface area contributed by atoms with Crippen LogP contribution in [0.4, 0.5) is 5.69 Å². The molecule has 0 radical (unpaired) electrons. The van der Waals surface area contributed by atoms with Gasteiger partial charge < -0.3 is 9.80 Å². The first-order valence-corrected chi connectivity index (χ1v) is 10.6. The van der Waals surface area contributed by atoms with Crippen molar-refractivity contribution in [3.05, 3.63) is 24.3 Å². The van der Waals surface area contributed by atoms with Crippen LogP contribution in [0.3, 0.4) is 0 Å². The van der Waals surface area contributed by atoms with E-state index in [0.717, 1.165) is 25.7 Å². The highest BCUT2D eigenvalue weighted by molar-refractivity contribution is 7.89. The standard InChI is InChI=1S/C18H25N3O4S/c1-14(18(23)20-11-3-2-4-12-20)19-26(24,25)16-9-7-15(8-10-16)21-13-5-6-17(21)22/h7-10,14,19H,2-6,11-13H2,1H3/t14-/m0/s1. The van der Waals surface area contributed by atoms with Gasteiger partial charge in [-0.1, -0.05) is 0 Å². The van der Waals surface area contributed by atoms with E-state index in [1.807, 2.05) is 0 Å². The van der Waals surface area contributed by atoms with Crippen LogP contribution < -0.4 is 9.62 Å². The summed E-state index contributed by atoms with van der Waals surface area (Å²) in [5, 5.41) is 0. The Balaban J connectivity index is 1.67. The van der Waals surface area contributed by atoms with Crippen molar-refractivity contribution >= 4 is 27.5 Å². The monoisotopic (exact) mass is 379 g/mol. The maximum atomic E-state index is 12.6. The molecular weight excluding hydrogens is 354 g/mol. The number of piperidine rings is 1. The van der Waals surface area contributed by atoms with Gasteiger partial charge in [0, 0.05) is 31.7 Å². The molecule has 1 N–H and O–H groups in total. The minimum Gasteiger partial charge on any atom is -0.341 e. The van der Waals surface area contributed by atoms with Crippen molar-refractivity contribution < 1.29 is 18.0 Å². The average Bonchev–Trinajstić information content (AvgIpc) is 3.07. The van der Waals surface area contributed by atoms with Crippen molar-refractivity contribution in [2.24, 2.45) is 0 Å². The molecule has 0 unspecified atom stereocenters. The minimum absolute atomic E-state index is 0.0551. The number of hydrogen-bond donors (Lipinski definition) is 1. The van der Waals surface area contributed by atoms with Gasteiger partial charge in [0.2, 0.25) is 21.8 Å². The summed E-state index contributed by atoms with van der Waals surface area (Å²) in [4.78, 5) is 27.7. The van der Waals surface area contributed by atoms with Crippen LogP contribution in [0.5, 0.6) is 0 Å². The van der Waals surface area contributed by atoms with E-state index >= 15 is 0 Å². The van der Waals surface area contributed by atoms with Crippen LogP contribution in [0, 0.1) is 0 Å². The number of sulfonamides is 1. The molecule has 2 amide bonds. The topological polar surface area (TPSA) is 86.8 Å². The van der Waals surface area contributed by atoms with Crippen LogP contribution in [-0.4, -0.2) is 50.8 Å². The average molecular weight is 379 g/mol. The molecule has 1 aromatic carbocycles. The van der Waals surface area contributed by atoms with Crippen molar-refractivity contribution in [1.82, 2.24) is 9.62 Å². The number of likely N-dealkylation sites (tertiary alicyclic amines) is 1. The largest absolute Gasteiger partial charge is 0.341 e. The first kappa shape index (κ1) is 18.8. The molecule has 0 aromatic heterocycles. The summed E-state index contributed by atoms with van der Waals surface area (Å²) in [5.41, 5.74) is 0.698. The van der Waals surface area contributed by atoms with Gasteiger partial charge in [-0.15, -0.1) is 0 Å². The highest BCUT2D eigenvalue weighted by atomic mass is 32.2. The third-order valence-corrected chi connectivity index (χ3v) is 6.46. The molecule has 2 aliphatic heterocycles. The Bertz CT molecular complexity index is 770. The highest BCUT2D eigenvalue weighted by Crippen LogP contribution is 2.23. The van der Waals surface area contributed by atoms with E-state index in [0.29, 0.717) is 31.7 Å². The number of nitrogens with zero attached hydrogens (tertiary/aromatic N) is 2. The third-order valence-electron chi connectivity index (χ3n) is 4.90. The zero-order valence-electron chi connectivity index (χ0n) is 15.0. The van der Waals surface area contributed by atoms with Crippen molar-refractivity contribution in [2.75, 3.05) is 24.5 Å². The summed E-state index contributed by atoms with van der Waals surface area (Å²) >= 11 is 0. The molecule has 2 fully saturated rings. The maximum absolute atomic E-state index is 12.6. The summed E-state index contributed by atoms with van der Waals surface area (Å²) in [6.45, 7) is 3.60. The van der Waals surface area contributed by atoms with E-state index in [1.54, 1.807) is 28.9 Å². The van der Waals surface area contributed by atoms with Gasteiger partial charge in [-0.25, -0.2) is 8.42 Å². The number of hydrogen-bond acceptors (Lipinski definition) is 4. The van der Waals surface area contributed by atoms with Crippen LogP contribution in [0.25, 0.3) is 0 Å². The molecule has 0 spiro atoms. The number of rotatable bonds is 5. The smallest absolute Gasteiger partial charge is 0.241 e. The Hall–Kier alpha value is -1.93. The first-order chi connectivity index (χ1) is 12.4. The van der Waals surface area contributed by atoms with Gasteiger partial charge in [0.1, 0.15) is 0 Å². The Morgan fingerprint density at radius 1 is 1.04 bits per heavy atom. The van der Waals surface area contributed by atoms with Gasteiger partial charge in [0.05, 0.1) is 10.9 Å². The second-order valence-corrected chi connectivity index (χ2v) is 8.59. The third kappa shape index (κ3) is 4.07. The lowest BCUT2D eigenvalue weighted by atomic mass is 10.1. The molecule has 8 heteroatoms. The van der Waals surface area contributed by atoms with Crippen molar-refractivity contribution in [2.45, 2.75) is 50.0 Å². The lowest BCUT2D eigenvalue weighted by Gasteiger charge is -2.29. The molecule has 2 saturated heterocycles. The van der Waals surface area contributed by atoms with Gasteiger partial charge in [-0.05, 0) is 56.9 Å². The number of anilines is 1. The summed E-state index contributed by atoms with van der Waals surface area (Å²) < 4.78 is 27.6. The maximum Gasteiger partial charge on any atom is 0.241 e. The van der Waals surface area contributed by atoms with Crippen LogP contribution in [0.2, 0.25) is 0 Å². The first-order valence-electron chi connectivity index (χ1n) is 9.10. The highest BCUT2D eigenvalue weighted by Gasteiger charge is 2.27. The molecule has 2 aliphatic rings. The summed E-state index contributed by atoms with van der Waals surface area (Å²) in [6, 6.07) is 5.41. The Morgan fingerprint density at radius 2 is 1.69 bits per heavy atom. The number of carbonyl (C=O) groups is 2. The van der Waals surface area contributed by atoms with E-state index in [2.05, 4.69) is 4.72 Å². The Kier molecular flexibility index (Phi) is 5.62. The van der Waals surface area contributed by atoms with E-state index in [4.69, 9.17) is 0 Å². The van der Waals surface area contributed by atoms with Crippen molar-refractivity contribution in [1.29, 1.82) is 0 Å². The normalized spacial score (nSPS) is 19.7. The van der Waals surface area contributed by atoms with Crippen LogP contribution in [-0.2, 0) is 19.6 Å². The molecule has 0 aliphatic carbocycles. The molecule has 1 aromatic rings. The van der Waals surface area contributed by atoms with Gasteiger partial charge in [0.25, 0.3) is 0 Å². The van der Waals surface area contributed by atoms with Gasteiger partial charge in [-0.2, -0.15) is 4.72 Å². The number of carbonyl (C=O) groups excluding carboxylic acids is 2. The minimum atomic E-state index is -3.80. The molecule has 0 saturated carbocycles. The van der Waals surface area contributed by atoms with Gasteiger partial charge >= 0.3 is 0 Å². The van der Waals surface area contributed by atoms with Gasteiger partial charge in [-0.3, -0.25) is 9.59 Å². The lowest BCUT2D eigenvalue weighted by molar-refractivity contribution is -0.133. The van der Waals surface area contributed by atoms with Crippen molar-refractivity contribution in [3.63, 3.8) is 0 Å².